The molecule has 2 aliphatic rings. The largest absolute Gasteiger partial charge is 0.342 e. The highest BCUT2D eigenvalue weighted by Gasteiger charge is 2.38. The summed E-state index contributed by atoms with van der Waals surface area (Å²) >= 11 is 0. The molecule has 72 valence electrons. The van der Waals surface area contributed by atoms with Crippen LogP contribution in [0, 0.1) is 11.8 Å². The van der Waals surface area contributed by atoms with Crippen LogP contribution < -0.4 is 0 Å². The predicted molar refractivity (Wildman–Crippen MR) is 48.1 cm³/mol. The molecule has 1 unspecified atom stereocenters. The van der Waals surface area contributed by atoms with Gasteiger partial charge in [0.15, 0.2) is 0 Å². The summed E-state index contributed by atoms with van der Waals surface area (Å²) in [4.78, 5) is 24.4. The number of carbonyl (C=O) groups is 2. The molecule has 1 saturated carbocycles. The van der Waals surface area contributed by atoms with Crippen LogP contribution in [0.5, 0.6) is 0 Å². The Morgan fingerprint density at radius 3 is 2.31 bits per heavy atom. The van der Waals surface area contributed by atoms with Gasteiger partial charge in [-0.3, -0.25) is 9.59 Å². The lowest BCUT2D eigenvalue weighted by Crippen LogP contribution is -2.27. The first-order chi connectivity index (χ1) is 6.18. The van der Waals surface area contributed by atoms with Gasteiger partial charge in [-0.1, -0.05) is 0 Å². The molecular formula is C10H15NO2. The molecule has 0 aromatic heterocycles. The molecule has 1 atom stereocenters. The van der Waals surface area contributed by atoms with Crippen molar-refractivity contribution in [3.63, 3.8) is 0 Å². The fraction of sp³-hybridized carbons (Fsp3) is 0.800. The topological polar surface area (TPSA) is 37.4 Å². The third kappa shape index (κ3) is 1.74. The van der Waals surface area contributed by atoms with Crippen LogP contribution in [0.15, 0.2) is 0 Å². The lowest BCUT2D eigenvalue weighted by Gasteiger charge is -2.12. The highest BCUT2D eigenvalue weighted by Crippen LogP contribution is 2.34. The molecule has 1 saturated heterocycles. The van der Waals surface area contributed by atoms with E-state index >= 15 is 0 Å². The van der Waals surface area contributed by atoms with Gasteiger partial charge in [-0.25, -0.2) is 0 Å². The van der Waals surface area contributed by atoms with Crippen molar-refractivity contribution in [2.75, 3.05) is 13.1 Å². The number of ketones is 1. The van der Waals surface area contributed by atoms with Crippen molar-refractivity contribution in [3.8, 4) is 0 Å². The molecule has 2 fully saturated rings. The van der Waals surface area contributed by atoms with Gasteiger partial charge in [-0.15, -0.1) is 0 Å². The Hall–Kier alpha value is -0.860. The van der Waals surface area contributed by atoms with Gasteiger partial charge in [0.1, 0.15) is 5.78 Å². The zero-order chi connectivity index (χ0) is 9.42. The Balaban J connectivity index is 1.90. The lowest BCUT2D eigenvalue weighted by atomic mass is 10.00. The van der Waals surface area contributed by atoms with Crippen LogP contribution in [0.1, 0.15) is 26.2 Å². The maximum absolute atomic E-state index is 11.6. The second-order valence-electron chi connectivity index (χ2n) is 4.13. The van der Waals surface area contributed by atoms with E-state index in [-0.39, 0.29) is 11.8 Å². The van der Waals surface area contributed by atoms with E-state index in [4.69, 9.17) is 0 Å². The summed E-state index contributed by atoms with van der Waals surface area (Å²) in [5, 5.41) is 0. The summed E-state index contributed by atoms with van der Waals surface area (Å²) < 4.78 is 0. The van der Waals surface area contributed by atoms with Crippen molar-refractivity contribution < 1.29 is 9.59 Å². The average molecular weight is 181 g/mol. The zero-order valence-electron chi connectivity index (χ0n) is 7.95. The first-order valence-electron chi connectivity index (χ1n) is 4.97. The first-order valence-corrected chi connectivity index (χ1v) is 4.97. The molecule has 0 N–H and O–H groups in total. The number of Topliss-reactive ketones (excluding diaryl/α,β-unsaturated/α-hetero) is 1. The number of amides is 1. The van der Waals surface area contributed by atoms with Crippen LogP contribution in [0.3, 0.4) is 0 Å². The minimum atomic E-state index is 0.103. The Bertz CT molecular complexity index is 245. The van der Waals surface area contributed by atoms with Gasteiger partial charge >= 0.3 is 0 Å². The maximum Gasteiger partial charge on any atom is 0.219 e. The average Bonchev–Trinajstić information content (AvgIpc) is 2.81. The van der Waals surface area contributed by atoms with Crippen molar-refractivity contribution >= 4 is 11.7 Å². The molecule has 13 heavy (non-hydrogen) atoms. The van der Waals surface area contributed by atoms with Crippen LogP contribution >= 0.6 is 0 Å². The van der Waals surface area contributed by atoms with Crippen molar-refractivity contribution in [2.45, 2.75) is 26.2 Å². The van der Waals surface area contributed by atoms with E-state index in [0.717, 1.165) is 25.8 Å². The number of carbonyl (C=O) groups excluding carboxylic acids is 2. The van der Waals surface area contributed by atoms with E-state index in [2.05, 4.69) is 0 Å². The maximum atomic E-state index is 11.6. The molecule has 2 rings (SSSR count). The summed E-state index contributed by atoms with van der Waals surface area (Å²) in [6.07, 6.45) is 3.04. The second-order valence-corrected chi connectivity index (χ2v) is 4.13. The minimum absolute atomic E-state index is 0.103. The van der Waals surface area contributed by atoms with Crippen molar-refractivity contribution in [3.05, 3.63) is 0 Å². The summed E-state index contributed by atoms with van der Waals surface area (Å²) in [6, 6.07) is 0. The number of rotatable bonds is 2. The molecule has 3 nitrogen and oxygen atoms in total. The van der Waals surface area contributed by atoms with E-state index in [0.29, 0.717) is 18.2 Å². The van der Waals surface area contributed by atoms with E-state index in [1.54, 1.807) is 11.8 Å². The molecule has 0 bridgehead atoms. The summed E-state index contributed by atoms with van der Waals surface area (Å²) in [5.74, 6) is 1.00. The van der Waals surface area contributed by atoms with Gasteiger partial charge in [0.2, 0.25) is 5.91 Å². The zero-order valence-corrected chi connectivity index (χ0v) is 7.95. The second kappa shape index (κ2) is 3.13. The number of nitrogens with zero attached hydrogens (tertiary/aromatic N) is 1. The number of hydrogen-bond acceptors (Lipinski definition) is 2. The fourth-order valence-corrected chi connectivity index (χ4v) is 1.98. The van der Waals surface area contributed by atoms with Crippen molar-refractivity contribution in [1.82, 2.24) is 4.90 Å². The van der Waals surface area contributed by atoms with E-state index in [9.17, 15) is 9.59 Å². The third-order valence-electron chi connectivity index (χ3n) is 3.02. The SMILES string of the molecule is CC(=O)N1CCC(C(=O)C2CC2)C1. The Labute approximate surface area is 78.1 Å². The fourth-order valence-electron chi connectivity index (χ4n) is 1.98. The van der Waals surface area contributed by atoms with Crippen LogP contribution in [-0.4, -0.2) is 29.7 Å². The molecule has 1 heterocycles. The lowest BCUT2D eigenvalue weighted by molar-refractivity contribution is -0.128. The Morgan fingerprint density at radius 1 is 1.15 bits per heavy atom. The highest BCUT2D eigenvalue weighted by atomic mass is 16.2. The molecule has 3 heteroatoms. The smallest absolute Gasteiger partial charge is 0.219 e. The minimum Gasteiger partial charge on any atom is -0.342 e. The van der Waals surface area contributed by atoms with Crippen LogP contribution in [0.2, 0.25) is 0 Å². The highest BCUT2D eigenvalue weighted by molar-refractivity contribution is 5.86. The van der Waals surface area contributed by atoms with Gasteiger partial charge in [0.05, 0.1) is 0 Å². The number of likely N-dealkylation sites (tertiary alicyclic amines) is 1. The van der Waals surface area contributed by atoms with E-state index in [1.807, 2.05) is 0 Å². The molecule has 0 spiro atoms. The molecule has 0 aromatic carbocycles. The van der Waals surface area contributed by atoms with Crippen LogP contribution in [-0.2, 0) is 9.59 Å². The summed E-state index contributed by atoms with van der Waals surface area (Å²) in [7, 11) is 0. The molecule has 1 aliphatic carbocycles. The monoisotopic (exact) mass is 181 g/mol. The molecule has 0 aromatic rings. The van der Waals surface area contributed by atoms with Gasteiger partial charge < -0.3 is 4.90 Å². The Morgan fingerprint density at radius 2 is 1.85 bits per heavy atom. The molecule has 0 radical (unpaired) electrons. The van der Waals surface area contributed by atoms with Gasteiger partial charge in [0, 0.05) is 31.8 Å². The predicted octanol–water partition coefficient (Wildman–Crippen LogP) is 0.834. The van der Waals surface area contributed by atoms with Crippen molar-refractivity contribution in [1.29, 1.82) is 0 Å². The van der Waals surface area contributed by atoms with Gasteiger partial charge in [-0.2, -0.15) is 0 Å². The van der Waals surface area contributed by atoms with Crippen molar-refractivity contribution in [2.24, 2.45) is 11.8 Å². The van der Waals surface area contributed by atoms with Gasteiger partial charge in [-0.05, 0) is 19.3 Å². The van der Waals surface area contributed by atoms with E-state index < -0.39 is 0 Å². The standard InChI is InChI=1S/C10H15NO2/c1-7(12)11-5-4-9(6-11)10(13)8-2-3-8/h8-9H,2-6H2,1H3. The first kappa shape index (κ1) is 8.73. The van der Waals surface area contributed by atoms with Gasteiger partial charge in [0.25, 0.3) is 0 Å². The Kier molecular flexibility index (Phi) is 2.10. The number of hydrogen-bond donors (Lipinski definition) is 0. The van der Waals surface area contributed by atoms with E-state index in [1.165, 1.54) is 0 Å². The molecule has 1 aliphatic heterocycles. The summed E-state index contributed by atoms with van der Waals surface area (Å²) in [6.45, 7) is 3.02. The normalized spacial score (nSPS) is 27.8. The quantitative estimate of drug-likeness (QED) is 0.633. The molecule has 1 amide bonds. The third-order valence-corrected chi connectivity index (χ3v) is 3.02. The molecular weight excluding hydrogens is 166 g/mol. The summed E-state index contributed by atoms with van der Waals surface area (Å²) in [5.41, 5.74) is 0. The van der Waals surface area contributed by atoms with Crippen LogP contribution in [0.25, 0.3) is 0 Å². The van der Waals surface area contributed by atoms with Crippen LogP contribution in [0.4, 0.5) is 0 Å².